The highest BCUT2D eigenvalue weighted by Crippen LogP contribution is 2.39. The summed E-state index contributed by atoms with van der Waals surface area (Å²) in [4.78, 5) is 1.08. The number of halogens is 1. The van der Waals surface area contributed by atoms with Crippen LogP contribution in [0.25, 0.3) is 0 Å². The lowest BCUT2D eigenvalue weighted by atomic mass is 9.93. The fraction of sp³-hybridized carbons (Fsp3) is 0.600. The maximum absolute atomic E-state index is 10.5. The third-order valence-electron chi connectivity index (χ3n) is 2.70. The molecule has 2 heterocycles. The molecule has 0 amide bonds. The van der Waals surface area contributed by atoms with Crippen LogP contribution in [-0.4, -0.2) is 18.2 Å². The average molecular weight is 276 g/mol. The van der Waals surface area contributed by atoms with Crippen LogP contribution in [0.2, 0.25) is 0 Å². The van der Waals surface area contributed by atoms with Crippen LogP contribution >= 0.6 is 27.3 Å². The van der Waals surface area contributed by atoms with Crippen LogP contribution in [0.4, 0.5) is 0 Å². The van der Waals surface area contributed by atoms with Gasteiger partial charge < -0.3 is 10.4 Å². The van der Waals surface area contributed by atoms with Gasteiger partial charge in [0.2, 0.25) is 0 Å². The molecule has 1 aromatic heterocycles. The van der Waals surface area contributed by atoms with E-state index in [1.165, 1.54) is 0 Å². The van der Waals surface area contributed by atoms with E-state index in [2.05, 4.69) is 21.2 Å². The van der Waals surface area contributed by atoms with Crippen molar-refractivity contribution in [2.45, 2.75) is 24.9 Å². The Labute approximate surface area is 96.5 Å². The van der Waals surface area contributed by atoms with Gasteiger partial charge in [-0.1, -0.05) is 0 Å². The fourth-order valence-electron chi connectivity index (χ4n) is 1.90. The molecule has 14 heavy (non-hydrogen) atoms. The van der Waals surface area contributed by atoms with Crippen LogP contribution in [0.5, 0.6) is 0 Å². The Morgan fingerprint density at radius 1 is 1.43 bits per heavy atom. The van der Waals surface area contributed by atoms with E-state index in [0.29, 0.717) is 0 Å². The topological polar surface area (TPSA) is 32.3 Å². The molecule has 0 bridgehead atoms. The predicted octanol–water partition coefficient (Wildman–Crippen LogP) is 2.47. The molecule has 2 nitrogen and oxygen atoms in total. The molecular formula is C10H14BrNOS. The second kappa shape index (κ2) is 4.31. The van der Waals surface area contributed by atoms with Gasteiger partial charge in [0.25, 0.3) is 0 Å². The van der Waals surface area contributed by atoms with Gasteiger partial charge in [-0.25, -0.2) is 0 Å². The lowest BCUT2D eigenvalue weighted by Crippen LogP contribution is -2.26. The van der Waals surface area contributed by atoms with Gasteiger partial charge in [-0.2, -0.15) is 0 Å². The molecule has 78 valence electrons. The molecule has 1 aromatic rings. The molecule has 0 saturated carbocycles. The third kappa shape index (κ3) is 2.03. The van der Waals surface area contributed by atoms with Crippen molar-refractivity contribution in [1.29, 1.82) is 0 Å². The van der Waals surface area contributed by atoms with E-state index in [9.17, 15) is 5.11 Å². The summed E-state index contributed by atoms with van der Waals surface area (Å²) >= 11 is 5.13. The summed E-state index contributed by atoms with van der Waals surface area (Å²) in [5.74, 6) is 0. The van der Waals surface area contributed by atoms with Gasteiger partial charge in [0.15, 0.2) is 0 Å². The second-order valence-corrected chi connectivity index (χ2v) is 5.50. The van der Waals surface area contributed by atoms with Crippen molar-refractivity contribution < 1.29 is 5.11 Å². The van der Waals surface area contributed by atoms with Gasteiger partial charge >= 0.3 is 0 Å². The molecule has 2 rings (SSSR count). The van der Waals surface area contributed by atoms with E-state index in [1.807, 2.05) is 11.4 Å². The van der Waals surface area contributed by atoms with Gasteiger partial charge in [0.1, 0.15) is 5.60 Å². The fourth-order valence-corrected chi connectivity index (χ4v) is 3.80. The molecule has 4 heteroatoms. The standard InChI is InChI=1S/C10H14BrNOS/c11-8-2-7-14-9(8)10(13)3-1-5-12-6-4-10/h2,7,12-13H,1,3-6H2. The summed E-state index contributed by atoms with van der Waals surface area (Å²) in [5.41, 5.74) is -0.615. The zero-order chi connectivity index (χ0) is 10.0. The lowest BCUT2D eigenvalue weighted by Gasteiger charge is -2.25. The van der Waals surface area contributed by atoms with Crippen LogP contribution in [0, 0.1) is 0 Å². The first-order chi connectivity index (χ1) is 6.72. The smallest absolute Gasteiger partial charge is 0.101 e. The minimum absolute atomic E-state index is 0.615. The summed E-state index contributed by atoms with van der Waals surface area (Å²) in [6, 6.07) is 2.01. The minimum atomic E-state index is -0.615. The van der Waals surface area contributed by atoms with Crippen LogP contribution in [0.15, 0.2) is 15.9 Å². The first-order valence-corrected chi connectivity index (χ1v) is 6.56. The zero-order valence-electron chi connectivity index (χ0n) is 7.92. The normalized spacial score (nSPS) is 28.7. The number of aliphatic hydroxyl groups is 1. The molecule has 0 spiro atoms. The highest BCUT2D eigenvalue weighted by Gasteiger charge is 2.32. The van der Waals surface area contributed by atoms with Crippen molar-refractivity contribution in [1.82, 2.24) is 5.32 Å². The molecule has 1 unspecified atom stereocenters. The predicted molar refractivity (Wildman–Crippen MR) is 62.6 cm³/mol. The molecule has 0 aliphatic carbocycles. The quantitative estimate of drug-likeness (QED) is 0.826. The van der Waals surface area contributed by atoms with Gasteiger partial charge in [0, 0.05) is 4.47 Å². The minimum Gasteiger partial charge on any atom is -0.384 e. The number of hydrogen-bond acceptors (Lipinski definition) is 3. The maximum atomic E-state index is 10.5. The first kappa shape index (κ1) is 10.6. The van der Waals surface area contributed by atoms with E-state index in [-0.39, 0.29) is 0 Å². The highest BCUT2D eigenvalue weighted by atomic mass is 79.9. The summed E-state index contributed by atoms with van der Waals surface area (Å²) in [6.07, 6.45) is 2.71. The third-order valence-corrected chi connectivity index (χ3v) is 4.73. The zero-order valence-corrected chi connectivity index (χ0v) is 10.3. The largest absolute Gasteiger partial charge is 0.384 e. The Kier molecular flexibility index (Phi) is 3.27. The van der Waals surface area contributed by atoms with E-state index in [0.717, 1.165) is 41.7 Å². The Hall–Kier alpha value is 0.1000. The number of hydrogen-bond donors (Lipinski definition) is 2. The van der Waals surface area contributed by atoms with E-state index < -0.39 is 5.60 Å². The maximum Gasteiger partial charge on any atom is 0.101 e. The van der Waals surface area contributed by atoms with Crippen LogP contribution in [0.3, 0.4) is 0 Å². The van der Waals surface area contributed by atoms with Crippen LogP contribution < -0.4 is 5.32 Å². The molecule has 1 fully saturated rings. The molecular weight excluding hydrogens is 262 g/mol. The van der Waals surface area contributed by atoms with Gasteiger partial charge in [0.05, 0.1) is 4.88 Å². The van der Waals surface area contributed by atoms with E-state index in [4.69, 9.17) is 0 Å². The first-order valence-electron chi connectivity index (χ1n) is 4.89. The van der Waals surface area contributed by atoms with Crippen LogP contribution in [0.1, 0.15) is 24.1 Å². The Morgan fingerprint density at radius 2 is 2.29 bits per heavy atom. The molecule has 2 N–H and O–H groups in total. The monoisotopic (exact) mass is 275 g/mol. The average Bonchev–Trinajstić information content (AvgIpc) is 2.46. The van der Waals surface area contributed by atoms with Gasteiger partial charge in [-0.05, 0) is 59.7 Å². The van der Waals surface area contributed by atoms with Crippen molar-refractivity contribution in [3.05, 3.63) is 20.8 Å². The Morgan fingerprint density at radius 3 is 3.00 bits per heavy atom. The van der Waals surface area contributed by atoms with Crippen LogP contribution in [-0.2, 0) is 5.60 Å². The number of nitrogens with one attached hydrogen (secondary N) is 1. The lowest BCUT2D eigenvalue weighted by molar-refractivity contribution is 0.0271. The van der Waals surface area contributed by atoms with Crippen molar-refractivity contribution >= 4 is 27.3 Å². The summed E-state index contributed by atoms with van der Waals surface area (Å²) in [6.45, 7) is 1.92. The Bertz CT molecular complexity index is 305. The van der Waals surface area contributed by atoms with E-state index in [1.54, 1.807) is 11.3 Å². The van der Waals surface area contributed by atoms with E-state index >= 15 is 0 Å². The molecule has 1 saturated heterocycles. The summed E-state index contributed by atoms with van der Waals surface area (Å²) in [5, 5.41) is 15.9. The molecule has 0 radical (unpaired) electrons. The summed E-state index contributed by atoms with van der Waals surface area (Å²) in [7, 11) is 0. The van der Waals surface area contributed by atoms with Crippen molar-refractivity contribution in [2.75, 3.05) is 13.1 Å². The van der Waals surface area contributed by atoms with Gasteiger partial charge in [-0.15, -0.1) is 11.3 Å². The summed E-state index contributed by atoms with van der Waals surface area (Å²) < 4.78 is 1.05. The molecule has 1 atom stereocenters. The SMILES string of the molecule is OC1(c2sccc2Br)CCCNCC1. The number of rotatable bonds is 1. The molecule has 1 aliphatic rings. The van der Waals surface area contributed by atoms with Crippen molar-refractivity contribution in [3.8, 4) is 0 Å². The van der Waals surface area contributed by atoms with Crippen molar-refractivity contribution in [3.63, 3.8) is 0 Å². The Balaban J connectivity index is 2.25. The van der Waals surface area contributed by atoms with Gasteiger partial charge in [-0.3, -0.25) is 0 Å². The highest BCUT2D eigenvalue weighted by molar-refractivity contribution is 9.10. The second-order valence-electron chi connectivity index (χ2n) is 3.73. The molecule has 0 aromatic carbocycles. The van der Waals surface area contributed by atoms with Crippen molar-refractivity contribution in [2.24, 2.45) is 0 Å². The molecule has 1 aliphatic heterocycles. The number of thiophene rings is 1.